The largest absolute Gasteiger partial charge is 0.482 e. The summed E-state index contributed by atoms with van der Waals surface area (Å²) in [5, 5.41) is 2.69. The lowest BCUT2D eigenvalue weighted by molar-refractivity contribution is -0.118. The number of rotatable bonds is 2. The minimum Gasteiger partial charge on any atom is -0.482 e. The molecule has 100 valence electrons. The summed E-state index contributed by atoms with van der Waals surface area (Å²) in [7, 11) is 0. The summed E-state index contributed by atoms with van der Waals surface area (Å²) in [5.74, 6) is 0.115. The van der Waals surface area contributed by atoms with Crippen LogP contribution in [0.1, 0.15) is 15.9 Å². The van der Waals surface area contributed by atoms with E-state index in [1.165, 1.54) is 6.20 Å². The molecule has 0 radical (unpaired) electrons. The van der Waals surface area contributed by atoms with Crippen molar-refractivity contribution in [2.24, 2.45) is 0 Å². The van der Waals surface area contributed by atoms with Gasteiger partial charge >= 0.3 is 0 Å². The first kappa shape index (κ1) is 12.8. The Hall–Kier alpha value is -2.21. The molecule has 0 atom stereocenters. The molecule has 2 aromatic rings. The highest BCUT2D eigenvalue weighted by Gasteiger charge is 2.21. The van der Waals surface area contributed by atoms with Gasteiger partial charge in [0, 0.05) is 28.0 Å². The van der Waals surface area contributed by atoms with Crippen LogP contribution in [0.5, 0.6) is 5.75 Å². The van der Waals surface area contributed by atoms with Crippen LogP contribution < -0.4 is 10.1 Å². The quantitative estimate of drug-likeness (QED) is 0.857. The number of fused-ring (bicyclic) bond motifs is 1. The molecule has 0 fully saturated rings. The number of nitrogens with zero attached hydrogens (tertiary/aromatic N) is 1. The Labute approximate surface area is 123 Å². The van der Waals surface area contributed by atoms with Gasteiger partial charge in [-0.15, -0.1) is 0 Å². The Morgan fingerprint density at radius 1 is 1.40 bits per heavy atom. The van der Waals surface area contributed by atoms with Gasteiger partial charge in [-0.25, -0.2) is 0 Å². The number of hydrogen-bond acceptors (Lipinski definition) is 4. The molecule has 2 heterocycles. The van der Waals surface area contributed by atoms with Crippen molar-refractivity contribution in [2.45, 2.75) is 0 Å². The third-order valence-corrected chi connectivity index (χ3v) is 3.53. The number of ketones is 1. The van der Waals surface area contributed by atoms with Crippen molar-refractivity contribution in [3.8, 4) is 5.75 Å². The van der Waals surface area contributed by atoms with Crippen molar-refractivity contribution >= 4 is 33.3 Å². The van der Waals surface area contributed by atoms with E-state index in [1.54, 1.807) is 30.5 Å². The number of ether oxygens (including phenoxy) is 1. The SMILES string of the molecule is O=C1COc2cc(C(=O)c3cccnc3)c(Br)cc2N1. The second-order valence-electron chi connectivity index (χ2n) is 4.24. The van der Waals surface area contributed by atoms with E-state index in [2.05, 4.69) is 26.2 Å². The fraction of sp³-hybridized carbons (Fsp3) is 0.0714. The van der Waals surface area contributed by atoms with Gasteiger partial charge in [0.2, 0.25) is 0 Å². The number of hydrogen-bond donors (Lipinski definition) is 1. The molecule has 1 aliphatic heterocycles. The predicted octanol–water partition coefficient (Wildman–Crippen LogP) is 2.41. The van der Waals surface area contributed by atoms with Crippen molar-refractivity contribution in [3.63, 3.8) is 0 Å². The highest BCUT2D eigenvalue weighted by molar-refractivity contribution is 9.10. The van der Waals surface area contributed by atoms with E-state index in [9.17, 15) is 9.59 Å². The van der Waals surface area contributed by atoms with E-state index in [0.717, 1.165) is 0 Å². The predicted molar refractivity (Wildman–Crippen MR) is 75.9 cm³/mol. The van der Waals surface area contributed by atoms with Gasteiger partial charge < -0.3 is 10.1 Å². The fourth-order valence-electron chi connectivity index (χ4n) is 1.93. The van der Waals surface area contributed by atoms with Crippen LogP contribution in [0.4, 0.5) is 5.69 Å². The molecule has 1 aromatic heterocycles. The van der Waals surface area contributed by atoms with Gasteiger partial charge in [-0.3, -0.25) is 14.6 Å². The molecule has 0 bridgehead atoms. The number of nitrogens with one attached hydrogen (secondary N) is 1. The summed E-state index contributed by atoms with van der Waals surface area (Å²) >= 11 is 3.35. The van der Waals surface area contributed by atoms with Gasteiger partial charge in [0.1, 0.15) is 5.75 Å². The second-order valence-corrected chi connectivity index (χ2v) is 5.09. The molecular formula is C14H9BrN2O3. The van der Waals surface area contributed by atoms with E-state index in [4.69, 9.17) is 4.74 Å². The van der Waals surface area contributed by atoms with Gasteiger partial charge in [-0.05, 0) is 40.2 Å². The number of amides is 1. The molecule has 0 aliphatic carbocycles. The topological polar surface area (TPSA) is 68.3 Å². The van der Waals surface area contributed by atoms with Crippen LogP contribution in [0.3, 0.4) is 0 Å². The number of pyridine rings is 1. The van der Waals surface area contributed by atoms with E-state index < -0.39 is 0 Å². The summed E-state index contributed by atoms with van der Waals surface area (Å²) in [4.78, 5) is 27.6. The summed E-state index contributed by atoms with van der Waals surface area (Å²) < 4.78 is 5.91. The lowest BCUT2D eigenvalue weighted by Gasteiger charge is -2.19. The lowest BCUT2D eigenvalue weighted by atomic mass is 10.0. The van der Waals surface area contributed by atoms with E-state index in [-0.39, 0.29) is 18.3 Å². The third-order valence-electron chi connectivity index (χ3n) is 2.87. The number of aromatic nitrogens is 1. The molecular weight excluding hydrogens is 324 g/mol. The first-order valence-corrected chi connectivity index (χ1v) is 6.65. The maximum absolute atomic E-state index is 12.4. The minimum atomic E-state index is -0.212. The van der Waals surface area contributed by atoms with Gasteiger partial charge in [0.05, 0.1) is 5.69 Å². The van der Waals surface area contributed by atoms with E-state index in [0.29, 0.717) is 27.0 Å². The van der Waals surface area contributed by atoms with Crippen LogP contribution in [-0.2, 0) is 4.79 Å². The smallest absolute Gasteiger partial charge is 0.262 e. The Kier molecular flexibility index (Phi) is 3.23. The summed E-state index contributed by atoms with van der Waals surface area (Å²) in [6, 6.07) is 6.68. The van der Waals surface area contributed by atoms with E-state index in [1.807, 2.05) is 0 Å². The summed E-state index contributed by atoms with van der Waals surface area (Å²) in [5.41, 5.74) is 1.51. The first-order valence-electron chi connectivity index (χ1n) is 5.86. The van der Waals surface area contributed by atoms with Gasteiger partial charge in [0.15, 0.2) is 12.4 Å². The van der Waals surface area contributed by atoms with Crippen molar-refractivity contribution < 1.29 is 14.3 Å². The normalized spacial score (nSPS) is 13.2. The number of anilines is 1. The number of halogens is 1. The number of benzene rings is 1. The zero-order valence-electron chi connectivity index (χ0n) is 10.2. The number of carbonyl (C=O) groups excluding carboxylic acids is 2. The highest BCUT2D eigenvalue weighted by atomic mass is 79.9. The standard InChI is InChI=1S/C14H9BrN2O3/c15-10-5-11-12(20-7-13(18)17-11)4-9(10)14(19)8-2-1-3-16-6-8/h1-6H,7H2,(H,17,18). The average molecular weight is 333 g/mol. The fourth-order valence-corrected chi connectivity index (χ4v) is 2.45. The molecule has 0 spiro atoms. The second kappa shape index (κ2) is 5.05. The Morgan fingerprint density at radius 2 is 2.25 bits per heavy atom. The molecule has 1 aromatic carbocycles. The van der Waals surface area contributed by atoms with Crippen LogP contribution >= 0.6 is 15.9 Å². The van der Waals surface area contributed by atoms with Gasteiger partial charge in [-0.1, -0.05) is 0 Å². The van der Waals surface area contributed by atoms with Crippen LogP contribution in [0, 0.1) is 0 Å². The lowest BCUT2D eigenvalue weighted by Crippen LogP contribution is -2.25. The van der Waals surface area contributed by atoms with Crippen LogP contribution in [0.2, 0.25) is 0 Å². The Bertz CT molecular complexity index is 701. The van der Waals surface area contributed by atoms with Crippen molar-refractivity contribution in [2.75, 3.05) is 11.9 Å². The van der Waals surface area contributed by atoms with Crippen LogP contribution in [-0.4, -0.2) is 23.3 Å². The first-order chi connectivity index (χ1) is 9.65. The minimum absolute atomic E-state index is 0.0465. The maximum atomic E-state index is 12.4. The molecule has 6 heteroatoms. The van der Waals surface area contributed by atoms with Gasteiger partial charge in [0.25, 0.3) is 5.91 Å². The molecule has 1 amide bonds. The molecule has 0 saturated heterocycles. The molecule has 20 heavy (non-hydrogen) atoms. The molecule has 1 aliphatic rings. The Morgan fingerprint density at radius 3 is 3.00 bits per heavy atom. The van der Waals surface area contributed by atoms with Crippen molar-refractivity contribution in [3.05, 3.63) is 52.3 Å². The summed E-state index contributed by atoms with van der Waals surface area (Å²) in [6.07, 6.45) is 3.12. The van der Waals surface area contributed by atoms with Crippen molar-refractivity contribution in [1.29, 1.82) is 0 Å². The average Bonchev–Trinajstić information content (AvgIpc) is 2.46. The molecule has 0 saturated carbocycles. The monoisotopic (exact) mass is 332 g/mol. The molecule has 3 rings (SSSR count). The zero-order chi connectivity index (χ0) is 14.1. The molecule has 5 nitrogen and oxygen atoms in total. The molecule has 1 N–H and O–H groups in total. The third kappa shape index (κ3) is 2.30. The number of carbonyl (C=O) groups is 2. The zero-order valence-corrected chi connectivity index (χ0v) is 11.8. The van der Waals surface area contributed by atoms with Gasteiger partial charge in [-0.2, -0.15) is 0 Å². The summed E-state index contributed by atoms with van der Waals surface area (Å²) in [6.45, 7) is -0.0465. The highest BCUT2D eigenvalue weighted by Crippen LogP contribution is 2.34. The molecule has 0 unspecified atom stereocenters. The Balaban J connectivity index is 2.03. The van der Waals surface area contributed by atoms with E-state index >= 15 is 0 Å². The maximum Gasteiger partial charge on any atom is 0.262 e. The van der Waals surface area contributed by atoms with Crippen LogP contribution in [0.15, 0.2) is 41.1 Å². The van der Waals surface area contributed by atoms with Crippen molar-refractivity contribution in [1.82, 2.24) is 4.98 Å². The van der Waals surface area contributed by atoms with Crippen LogP contribution in [0.25, 0.3) is 0 Å².